The molecule has 6 heteroatoms. The van der Waals surface area contributed by atoms with Gasteiger partial charge in [0, 0.05) is 16.7 Å². The first-order valence-corrected chi connectivity index (χ1v) is 9.53. The Kier molecular flexibility index (Phi) is 6.11. The second kappa shape index (κ2) is 8.55. The minimum Gasteiger partial charge on any atom is -0.493 e. The van der Waals surface area contributed by atoms with Crippen LogP contribution in [0.2, 0.25) is 0 Å². The molecule has 3 rings (SSSR count). The first kappa shape index (κ1) is 20.7. The van der Waals surface area contributed by atoms with E-state index in [1.165, 1.54) is 30.0 Å². The summed E-state index contributed by atoms with van der Waals surface area (Å²) in [6.07, 6.45) is 0.840. The van der Waals surface area contributed by atoms with Crippen molar-refractivity contribution < 1.29 is 13.5 Å². The smallest absolute Gasteiger partial charge is 0.270 e. The Morgan fingerprint density at radius 1 is 1.10 bits per heavy atom. The molecule has 0 unspecified atom stereocenters. The van der Waals surface area contributed by atoms with Gasteiger partial charge in [-0.05, 0) is 57.4 Å². The zero-order valence-corrected chi connectivity index (χ0v) is 17.0. The lowest BCUT2D eigenvalue weighted by Gasteiger charge is -2.19. The minimum absolute atomic E-state index is 0.0751. The van der Waals surface area contributed by atoms with Crippen LogP contribution in [0.5, 0.6) is 5.75 Å². The summed E-state index contributed by atoms with van der Waals surface area (Å²) in [6.45, 7) is 5.56. The number of halogens is 2. The Labute approximate surface area is 168 Å². The van der Waals surface area contributed by atoms with E-state index in [-0.39, 0.29) is 23.2 Å². The zero-order valence-electron chi connectivity index (χ0n) is 17.0. The van der Waals surface area contributed by atoms with E-state index in [2.05, 4.69) is 5.10 Å². The Balaban J connectivity index is 2.19. The number of aromatic nitrogens is 2. The summed E-state index contributed by atoms with van der Waals surface area (Å²) in [7, 11) is 1.40. The molecule has 0 bridgehead atoms. The summed E-state index contributed by atoms with van der Waals surface area (Å²) in [4.78, 5) is 13.2. The predicted molar refractivity (Wildman–Crippen MR) is 109 cm³/mol. The van der Waals surface area contributed by atoms with Gasteiger partial charge in [-0.1, -0.05) is 24.3 Å². The van der Waals surface area contributed by atoms with E-state index in [0.717, 1.165) is 5.56 Å². The molecule has 0 aliphatic carbocycles. The number of aryl methyl sites for hydroxylation is 2. The highest BCUT2D eigenvalue weighted by Gasteiger charge is 2.22. The van der Waals surface area contributed by atoms with Crippen LogP contribution < -0.4 is 10.3 Å². The number of nitrogens with zero attached hydrogens (tertiary/aromatic N) is 2. The summed E-state index contributed by atoms with van der Waals surface area (Å²) in [5.41, 5.74) is 2.73. The van der Waals surface area contributed by atoms with Crippen LogP contribution in [0.4, 0.5) is 8.78 Å². The molecule has 0 saturated heterocycles. The molecular weight excluding hydrogens is 374 g/mol. The Morgan fingerprint density at radius 3 is 2.48 bits per heavy atom. The summed E-state index contributed by atoms with van der Waals surface area (Å²) in [5.74, 6) is -0.750. The van der Waals surface area contributed by atoms with Crippen LogP contribution in [0.3, 0.4) is 0 Å². The fourth-order valence-electron chi connectivity index (χ4n) is 3.53. The molecule has 3 aromatic rings. The van der Waals surface area contributed by atoms with Crippen molar-refractivity contribution in [2.24, 2.45) is 0 Å². The molecule has 0 N–H and O–H groups in total. The maximum atomic E-state index is 14.3. The summed E-state index contributed by atoms with van der Waals surface area (Å²) in [5, 5.41) is 4.45. The van der Waals surface area contributed by atoms with Gasteiger partial charge in [-0.15, -0.1) is 0 Å². The number of para-hydroxylation sites is 1. The second-order valence-corrected chi connectivity index (χ2v) is 7.23. The Morgan fingerprint density at radius 2 is 1.83 bits per heavy atom. The summed E-state index contributed by atoms with van der Waals surface area (Å²) >= 11 is 0. The highest BCUT2D eigenvalue weighted by atomic mass is 19.1. The van der Waals surface area contributed by atoms with Gasteiger partial charge >= 0.3 is 0 Å². The highest BCUT2D eigenvalue weighted by molar-refractivity contribution is 5.75. The molecule has 0 aliphatic rings. The third-order valence-corrected chi connectivity index (χ3v) is 4.87. The van der Waals surface area contributed by atoms with Gasteiger partial charge < -0.3 is 4.74 Å². The lowest BCUT2D eigenvalue weighted by molar-refractivity contribution is 0.388. The number of hydrogen-bond donors (Lipinski definition) is 0. The number of ether oxygens (including phenoxy) is 1. The van der Waals surface area contributed by atoms with Crippen molar-refractivity contribution in [3.05, 3.63) is 81.3 Å². The summed E-state index contributed by atoms with van der Waals surface area (Å²) < 4.78 is 34.6. The molecule has 0 atom stereocenters. The number of methoxy groups -OCH3 is 1. The van der Waals surface area contributed by atoms with Gasteiger partial charge in [-0.25, -0.2) is 13.5 Å². The van der Waals surface area contributed by atoms with Crippen molar-refractivity contribution in [2.75, 3.05) is 7.11 Å². The van der Waals surface area contributed by atoms with Crippen LogP contribution in [-0.4, -0.2) is 16.9 Å². The molecule has 0 radical (unpaired) electrons. The lowest BCUT2D eigenvalue weighted by Crippen LogP contribution is -2.30. The van der Waals surface area contributed by atoms with Crippen molar-refractivity contribution in [1.29, 1.82) is 0 Å². The number of benzene rings is 2. The van der Waals surface area contributed by atoms with E-state index >= 15 is 0 Å². The maximum Gasteiger partial charge on any atom is 0.270 e. The maximum absolute atomic E-state index is 14.3. The van der Waals surface area contributed by atoms with Gasteiger partial charge in [0.05, 0.1) is 18.8 Å². The first-order chi connectivity index (χ1) is 13.8. The molecule has 152 valence electrons. The Bertz CT molecular complexity index is 1090. The zero-order chi connectivity index (χ0) is 21.1. The summed E-state index contributed by atoms with van der Waals surface area (Å²) in [6, 6.07) is 10.8. The molecule has 1 aromatic heterocycles. The second-order valence-electron chi connectivity index (χ2n) is 7.23. The van der Waals surface area contributed by atoms with Gasteiger partial charge in [0.1, 0.15) is 5.82 Å². The fourth-order valence-corrected chi connectivity index (χ4v) is 3.53. The molecule has 29 heavy (non-hydrogen) atoms. The Hall–Kier alpha value is -3.02. The molecule has 1 heterocycles. The van der Waals surface area contributed by atoms with Crippen LogP contribution in [0.25, 0.3) is 11.1 Å². The van der Waals surface area contributed by atoms with Crippen LogP contribution in [0, 0.1) is 18.6 Å². The van der Waals surface area contributed by atoms with Crippen molar-refractivity contribution in [2.45, 2.75) is 39.7 Å². The predicted octanol–water partition coefficient (Wildman–Crippen LogP) is 4.87. The molecule has 0 fully saturated rings. The van der Waals surface area contributed by atoms with Crippen molar-refractivity contribution in [3.8, 4) is 16.9 Å². The van der Waals surface area contributed by atoms with Gasteiger partial charge in [0.15, 0.2) is 11.6 Å². The standard InChI is InChI=1S/C23H24F2N2O2/c1-14(2)27-23(28)19(12-11-16-7-5-8-17(24)13-16)21(15(3)26-27)18-9-6-10-20(25)22(18)29-4/h5-10,13-14H,11-12H2,1-4H3. The van der Waals surface area contributed by atoms with E-state index in [9.17, 15) is 13.6 Å². The molecule has 0 amide bonds. The molecule has 0 saturated carbocycles. The van der Waals surface area contributed by atoms with E-state index in [4.69, 9.17) is 4.74 Å². The molecule has 2 aromatic carbocycles. The highest BCUT2D eigenvalue weighted by Crippen LogP contribution is 2.35. The van der Waals surface area contributed by atoms with Crippen molar-refractivity contribution >= 4 is 0 Å². The van der Waals surface area contributed by atoms with Crippen LogP contribution in [0.15, 0.2) is 47.3 Å². The topological polar surface area (TPSA) is 44.1 Å². The van der Waals surface area contributed by atoms with E-state index < -0.39 is 5.82 Å². The van der Waals surface area contributed by atoms with Gasteiger partial charge in [0.2, 0.25) is 0 Å². The van der Waals surface area contributed by atoms with E-state index in [0.29, 0.717) is 35.2 Å². The monoisotopic (exact) mass is 398 g/mol. The largest absolute Gasteiger partial charge is 0.493 e. The van der Waals surface area contributed by atoms with Crippen LogP contribution in [-0.2, 0) is 12.8 Å². The molecule has 4 nitrogen and oxygen atoms in total. The van der Waals surface area contributed by atoms with Crippen molar-refractivity contribution in [3.63, 3.8) is 0 Å². The van der Waals surface area contributed by atoms with Gasteiger partial charge in [0.25, 0.3) is 5.56 Å². The first-order valence-electron chi connectivity index (χ1n) is 9.53. The molecule has 0 aliphatic heterocycles. The van der Waals surface area contributed by atoms with Crippen LogP contribution in [0.1, 0.15) is 36.7 Å². The van der Waals surface area contributed by atoms with E-state index in [1.807, 2.05) is 19.9 Å². The molecule has 0 spiro atoms. The third kappa shape index (κ3) is 4.21. The van der Waals surface area contributed by atoms with Gasteiger partial charge in [-0.2, -0.15) is 5.10 Å². The van der Waals surface area contributed by atoms with Crippen molar-refractivity contribution in [1.82, 2.24) is 9.78 Å². The van der Waals surface area contributed by atoms with Gasteiger partial charge in [-0.3, -0.25) is 4.79 Å². The SMILES string of the molecule is COc1c(F)cccc1-c1c(C)nn(C(C)C)c(=O)c1CCc1cccc(F)c1. The average molecular weight is 398 g/mol. The quantitative estimate of drug-likeness (QED) is 0.595. The normalized spacial score (nSPS) is 11.1. The molecular formula is C23H24F2N2O2. The fraction of sp³-hybridized carbons (Fsp3) is 0.304. The third-order valence-electron chi connectivity index (χ3n) is 4.87. The average Bonchev–Trinajstić information content (AvgIpc) is 2.68. The number of hydrogen-bond acceptors (Lipinski definition) is 3. The van der Waals surface area contributed by atoms with E-state index in [1.54, 1.807) is 25.1 Å². The number of rotatable bonds is 6. The lowest BCUT2D eigenvalue weighted by atomic mass is 9.94. The minimum atomic E-state index is -0.506. The van der Waals surface area contributed by atoms with Crippen LogP contribution >= 0.6 is 0 Å².